The summed E-state index contributed by atoms with van der Waals surface area (Å²) in [5.41, 5.74) is 2.11. The van der Waals surface area contributed by atoms with E-state index in [1.807, 2.05) is 13.0 Å². The molecule has 2 N–H and O–H groups in total. The molecule has 0 unspecified atom stereocenters. The number of halogens is 1. The first-order chi connectivity index (χ1) is 14.0. The Morgan fingerprint density at radius 1 is 1.38 bits per heavy atom. The second-order valence-corrected chi connectivity index (χ2v) is 7.36. The van der Waals surface area contributed by atoms with Gasteiger partial charge >= 0.3 is 0 Å². The van der Waals surface area contributed by atoms with Crippen LogP contribution in [-0.4, -0.2) is 55.4 Å². The van der Waals surface area contributed by atoms with Gasteiger partial charge in [-0.1, -0.05) is 17.3 Å². The van der Waals surface area contributed by atoms with Crippen LogP contribution in [0.4, 0.5) is 4.39 Å². The van der Waals surface area contributed by atoms with Crippen LogP contribution in [0.3, 0.4) is 0 Å². The van der Waals surface area contributed by atoms with E-state index in [1.54, 1.807) is 23.1 Å². The van der Waals surface area contributed by atoms with Crippen LogP contribution in [0, 0.1) is 18.7 Å². The number of nitrogens with one attached hydrogen (secondary N) is 1. The number of carbonyl (C=O) groups is 1. The number of aliphatic hydroxyl groups excluding tert-OH is 1. The highest BCUT2D eigenvalue weighted by Gasteiger charge is 2.34. The molecule has 3 aromatic rings. The molecule has 2 aromatic heterocycles. The molecule has 1 aromatic carbocycles. The second-order valence-electron chi connectivity index (χ2n) is 7.36. The Hall–Kier alpha value is -3.07. The number of benzene rings is 1. The van der Waals surface area contributed by atoms with Crippen molar-refractivity contribution in [3.05, 3.63) is 53.4 Å². The number of β-amino-alcohol motifs (C(OH)–C–C–N with tert-alkyl or cyclic N) is 1. The van der Waals surface area contributed by atoms with E-state index >= 15 is 0 Å². The lowest BCUT2D eigenvalue weighted by atomic mass is 10.0. The molecule has 1 aliphatic rings. The largest absolute Gasteiger partial charge is 0.391 e. The number of carbonyl (C=O) groups excluding carboxylic acids is 1. The van der Waals surface area contributed by atoms with Gasteiger partial charge in [-0.2, -0.15) is 10.1 Å². The lowest BCUT2D eigenvalue weighted by molar-refractivity contribution is -0.130. The van der Waals surface area contributed by atoms with Crippen LogP contribution in [0.2, 0.25) is 0 Å². The average molecular weight is 399 g/mol. The zero-order valence-corrected chi connectivity index (χ0v) is 16.0. The normalized spacial score (nSPS) is 19.1. The van der Waals surface area contributed by atoms with Gasteiger partial charge in [-0.3, -0.25) is 9.89 Å². The number of aromatic amines is 1. The zero-order chi connectivity index (χ0) is 20.4. The van der Waals surface area contributed by atoms with Gasteiger partial charge in [0.15, 0.2) is 0 Å². The Morgan fingerprint density at radius 3 is 2.97 bits per heavy atom. The zero-order valence-electron chi connectivity index (χ0n) is 16.0. The number of aromatic nitrogens is 4. The Kier molecular flexibility index (Phi) is 5.39. The van der Waals surface area contributed by atoms with Gasteiger partial charge in [0.1, 0.15) is 5.82 Å². The fourth-order valence-corrected chi connectivity index (χ4v) is 3.59. The van der Waals surface area contributed by atoms with Gasteiger partial charge in [-0.05, 0) is 31.5 Å². The monoisotopic (exact) mass is 399 g/mol. The molecule has 1 aliphatic heterocycles. The Labute approximate surface area is 166 Å². The summed E-state index contributed by atoms with van der Waals surface area (Å²) >= 11 is 0. The number of hydrogen-bond acceptors (Lipinski definition) is 6. The SMILES string of the molecule is Cc1cc(C[C@@H]2CN(C(=O)CCc3nc(-c4ccccc4F)no3)C[C@@H]2O)n[nH]1. The predicted molar refractivity (Wildman–Crippen MR) is 101 cm³/mol. The summed E-state index contributed by atoms with van der Waals surface area (Å²) in [6.45, 7) is 2.71. The summed E-state index contributed by atoms with van der Waals surface area (Å²) in [5, 5.41) is 21.2. The summed E-state index contributed by atoms with van der Waals surface area (Å²) in [6, 6.07) is 8.12. The molecule has 0 spiro atoms. The van der Waals surface area contributed by atoms with Crippen LogP contribution in [0.1, 0.15) is 23.7 Å². The van der Waals surface area contributed by atoms with E-state index in [0.29, 0.717) is 19.5 Å². The van der Waals surface area contributed by atoms with Crippen LogP contribution >= 0.6 is 0 Å². The Morgan fingerprint density at radius 2 is 2.21 bits per heavy atom. The number of aliphatic hydroxyl groups is 1. The number of rotatable bonds is 6. The van der Waals surface area contributed by atoms with E-state index in [2.05, 4.69) is 20.3 Å². The lowest BCUT2D eigenvalue weighted by Crippen LogP contribution is -2.29. The van der Waals surface area contributed by atoms with Crippen LogP contribution in [-0.2, 0) is 17.6 Å². The molecule has 0 aliphatic carbocycles. The molecule has 1 saturated heterocycles. The highest BCUT2D eigenvalue weighted by molar-refractivity contribution is 5.76. The number of aryl methyl sites for hydroxylation is 2. The maximum Gasteiger partial charge on any atom is 0.227 e. The Balaban J connectivity index is 1.32. The fraction of sp³-hybridized carbons (Fsp3) is 0.400. The average Bonchev–Trinajstić information content (AvgIpc) is 3.42. The van der Waals surface area contributed by atoms with Crippen molar-refractivity contribution in [2.75, 3.05) is 13.1 Å². The van der Waals surface area contributed by atoms with Gasteiger partial charge in [0.05, 0.1) is 17.4 Å². The quantitative estimate of drug-likeness (QED) is 0.655. The van der Waals surface area contributed by atoms with E-state index in [-0.39, 0.29) is 41.9 Å². The molecule has 1 fully saturated rings. The smallest absolute Gasteiger partial charge is 0.227 e. The van der Waals surface area contributed by atoms with E-state index in [1.165, 1.54) is 6.07 Å². The summed E-state index contributed by atoms with van der Waals surface area (Å²) in [6.07, 6.45) is 0.480. The Bertz CT molecular complexity index is 1000. The van der Waals surface area contributed by atoms with Gasteiger partial charge in [0, 0.05) is 37.5 Å². The topological polar surface area (TPSA) is 108 Å². The van der Waals surface area contributed by atoms with E-state index < -0.39 is 11.9 Å². The summed E-state index contributed by atoms with van der Waals surface area (Å²) < 4.78 is 19.0. The third-order valence-electron chi connectivity index (χ3n) is 5.13. The molecule has 2 atom stereocenters. The van der Waals surface area contributed by atoms with Gasteiger partial charge in [0.2, 0.25) is 17.6 Å². The maximum absolute atomic E-state index is 13.8. The van der Waals surface area contributed by atoms with Crippen molar-refractivity contribution in [3.8, 4) is 11.4 Å². The van der Waals surface area contributed by atoms with Gasteiger partial charge in [0.25, 0.3) is 0 Å². The van der Waals surface area contributed by atoms with Crippen LogP contribution in [0.25, 0.3) is 11.4 Å². The van der Waals surface area contributed by atoms with Crippen molar-refractivity contribution in [1.82, 2.24) is 25.2 Å². The van der Waals surface area contributed by atoms with E-state index in [4.69, 9.17) is 4.52 Å². The molecule has 152 valence electrons. The predicted octanol–water partition coefficient (Wildman–Crippen LogP) is 1.90. The number of nitrogens with zero attached hydrogens (tertiary/aromatic N) is 4. The van der Waals surface area contributed by atoms with Crippen molar-refractivity contribution >= 4 is 5.91 Å². The van der Waals surface area contributed by atoms with Crippen molar-refractivity contribution < 1.29 is 18.8 Å². The highest BCUT2D eigenvalue weighted by Crippen LogP contribution is 2.23. The number of hydrogen-bond donors (Lipinski definition) is 2. The molecule has 29 heavy (non-hydrogen) atoms. The first-order valence-corrected chi connectivity index (χ1v) is 9.54. The molecule has 0 radical (unpaired) electrons. The van der Waals surface area contributed by atoms with Crippen LogP contribution in [0.5, 0.6) is 0 Å². The third-order valence-corrected chi connectivity index (χ3v) is 5.13. The summed E-state index contributed by atoms with van der Waals surface area (Å²) in [7, 11) is 0. The van der Waals surface area contributed by atoms with Crippen molar-refractivity contribution in [2.24, 2.45) is 5.92 Å². The van der Waals surface area contributed by atoms with Crippen LogP contribution < -0.4 is 0 Å². The van der Waals surface area contributed by atoms with Crippen LogP contribution in [0.15, 0.2) is 34.9 Å². The molecule has 0 bridgehead atoms. The molecule has 1 amide bonds. The summed E-state index contributed by atoms with van der Waals surface area (Å²) in [5.74, 6) is -0.121. The first kappa shape index (κ1) is 19.3. The highest BCUT2D eigenvalue weighted by atomic mass is 19.1. The molecular formula is C20H22FN5O3. The molecule has 0 saturated carbocycles. The van der Waals surface area contributed by atoms with Crippen molar-refractivity contribution in [2.45, 2.75) is 32.3 Å². The molecule has 9 heteroatoms. The van der Waals surface area contributed by atoms with Gasteiger partial charge in [-0.25, -0.2) is 4.39 Å². The minimum absolute atomic E-state index is 0.0438. The third kappa shape index (κ3) is 4.34. The van der Waals surface area contributed by atoms with E-state index in [9.17, 15) is 14.3 Å². The fourth-order valence-electron chi connectivity index (χ4n) is 3.59. The lowest BCUT2D eigenvalue weighted by Gasteiger charge is -2.15. The van der Waals surface area contributed by atoms with Crippen molar-refractivity contribution in [3.63, 3.8) is 0 Å². The second kappa shape index (κ2) is 8.12. The molecule has 4 rings (SSSR count). The standard InChI is InChI=1S/C20H22FN5O3/c1-12-8-14(24-23-12)9-13-10-26(11-17(13)27)19(28)7-6-18-22-20(25-29-18)15-4-2-3-5-16(15)21/h2-5,8,13,17,27H,6-7,9-11H2,1H3,(H,23,24)/t13-,17+/m1/s1. The number of likely N-dealkylation sites (tertiary alicyclic amines) is 1. The van der Waals surface area contributed by atoms with Gasteiger partial charge < -0.3 is 14.5 Å². The maximum atomic E-state index is 13.8. The minimum atomic E-state index is -0.577. The number of H-pyrrole nitrogens is 1. The molecular weight excluding hydrogens is 377 g/mol. The molecule has 3 heterocycles. The number of amides is 1. The first-order valence-electron chi connectivity index (χ1n) is 9.54. The van der Waals surface area contributed by atoms with Crippen molar-refractivity contribution in [1.29, 1.82) is 0 Å². The van der Waals surface area contributed by atoms with E-state index in [0.717, 1.165) is 11.4 Å². The minimum Gasteiger partial charge on any atom is -0.391 e. The summed E-state index contributed by atoms with van der Waals surface area (Å²) in [4.78, 5) is 18.4. The van der Waals surface area contributed by atoms with Gasteiger partial charge in [-0.15, -0.1) is 0 Å². The molecule has 8 nitrogen and oxygen atoms in total.